The number of urea groups is 1. The van der Waals surface area contributed by atoms with Crippen LogP contribution in [0.5, 0.6) is 0 Å². The van der Waals surface area contributed by atoms with E-state index in [1.165, 1.54) is 37.0 Å². The molecule has 1 saturated heterocycles. The van der Waals surface area contributed by atoms with Crippen LogP contribution in [0.2, 0.25) is 0 Å². The molecule has 2 amide bonds. The smallest absolute Gasteiger partial charge is 0.323 e. The van der Waals surface area contributed by atoms with Gasteiger partial charge in [0.15, 0.2) is 5.13 Å². The molecule has 0 unspecified atom stereocenters. The monoisotopic (exact) mass is 394 g/mol. The van der Waals surface area contributed by atoms with E-state index in [0.717, 1.165) is 12.8 Å². The van der Waals surface area contributed by atoms with Gasteiger partial charge in [-0.3, -0.25) is 15.0 Å². The number of likely N-dealkylation sites (tertiary alicyclic amines) is 1. The number of nitrogens with one attached hydrogen (secondary N) is 1. The van der Waals surface area contributed by atoms with Crippen molar-refractivity contribution >= 4 is 28.5 Å². The van der Waals surface area contributed by atoms with Gasteiger partial charge in [0.25, 0.3) is 0 Å². The summed E-state index contributed by atoms with van der Waals surface area (Å²) in [6.07, 6.45) is 9.90. The average Bonchev–Trinajstić information content (AvgIpc) is 3.15. The van der Waals surface area contributed by atoms with E-state index in [1.54, 1.807) is 11.3 Å². The molecule has 150 valence electrons. The summed E-state index contributed by atoms with van der Waals surface area (Å²) in [5.74, 6) is -0.193. The maximum Gasteiger partial charge on any atom is 0.323 e. The summed E-state index contributed by atoms with van der Waals surface area (Å²) < 4.78 is 0. The number of likely N-dealkylation sites (N-methyl/N-ethyl adjacent to an activating group) is 1. The molecule has 0 radical (unpaired) electrons. The Morgan fingerprint density at radius 1 is 1.26 bits per heavy atom. The van der Waals surface area contributed by atoms with Crippen molar-refractivity contribution in [2.45, 2.75) is 63.8 Å². The first-order valence-corrected chi connectivity index (χ1v) is 10.9. The number of rotatable bonds is 6. The SMILES string of the molecule is CCN(CC(=O)O)C1CCN(C(=O)Nc2ncc(C3CCCCC3)s2)CC1. The number of piperidine rings is 1. The highest BCUT2D eigenvalue weighted by Crippen LogP contribution is 2.36. The highest BCUT2D eigenvalue weighted by atomic mass is 32.1. The minimum Gasteiger partial charge on any atom is -0.480 e. The van der Waals surface area contributed by atoms with Crippen LogP contribution in [0.1, 0.15) is 62.7 Å². The van der Waals surface area contributed by atoms with Gasteiger partial charge in [0.1, 0.15) is 0 Å². The lowest BCUT2D eigenvalue weighted by Gasteiger charge is -2.37. The van der Waals surface area contributed by atoms with Crippen molar-refractivity contribution in [3.63, 3.8) is 0 Å². The van der Waals surface area contributed by atoms with E-state index in [4.69, 9.17) is 5.11 Å². The van der Waals surface area contributed by atoms with Crippen molar-refractivity contribution in [2.75, 3.05) is 31.5 Å². The van der Waals surface area contributed by atoms with Gasteiger partial charge in [-0.2, -0.15) is 0 Å². The Morgan fingerprint density at radius 2 is 1.96 bits per heavy atom. The maximum absolute atomic E-state index is 12.6. The van der Waals surface area contributed by atoms with Crippen molar-refractivity contribution in [3.05, 3.63) is 11.1 Å². The molecule has 2 aliphatic rings. The number of aliphatic carboxylic acids is 1. The molecule has 1 aliphatic carbocycles. The van der Waals surface area contributed by atoms with Crippen LogP contribution in [-0.4, -0.2) is 64.1 Å². The minimum absolute atomic E-state index is 0.0659. The third-order valence-electron chi connectivity index (χ3n) is 5.76. The minimum atomic E-state index is -0.797. The summed E-state index contributed by atoms with van der Waals surface area (Å²) >= 11 is 1.60. The van der Waals surface area contributed by atoms with Crippen molar-refractivity contribution in [3.8, 4) is 0 Å². The summed E-state index contributed by atoms with van der Waals surface area (Å²) in [5, 5.41) is 12.7. The van der Waals surface area contributed by atoms with Gasteiger partial charge in [-0.05, 0) is 38.1 Å². The fourth-order valence-corrected chi connectivity index (χ4v) is 5.17. The fourth-order valence-electron chi connectivity index (χ4n) is 4.20. The number of anilines is 1. The van der Waals surface area contributed by atoms with E-state index < -0.39 is 5.97 Å². The zero-order chi connectivity index (χ0) is 19.2. The Morgan fingerprint density at radius 3 is 2.59 bits per heavy atom. The highest BCUT2D eigenvalue weighted by Gasteiger charge is 2.27. The standard InChI is InChI=1S/C19H30N4O3S/c1-2-22(13-17(24)25)15-8-10-23(11-9-15)19(26)21-18-20-12-16(27-18)14-6-4-3-5-7-14/h12,14-15H,2-11,13H2,1H3,(H,24,25)(H,20,21,26). The van der Waals surface area contributed by atoms with E-state index in [1.807, 2.05) is 22.9 Å². The Hall–Kier alpha value is -1.67. The fraction of sp³-hybridized carbons (Fsp3) is 0.737. The number of nitrogens with zero attached hydrogens (tertiary/aromatic N) is 3. The Balaban J connectivity index is 1.48. The third-order valence-corrected chi connectivity index (χ3v) is 6.83. The van der Waals surface area contributed by atoms with Crippen LogP contribution in [-0.2, 0) is 4.79 Å². The van der Waals surface area contributed by atoms with Crippen LogP contribution in [0.15, 0.2) is 6.20 Å². The van der Waals surface area contributed by atoms with E-state index in [9.17, 15) is 9.59 Å². The molecule has 7 nitrogen and oxygen atoms in total. The summed E-state index contributed by atoms with van der Waals surface area (Å²) in [6, 6.07) is 0.132. The van der Waals surface area contributed by atoms with Crippen LogP contribution >= 0.6 is 11.3 Å². The highest BCUT2D eigenvalue weighted by molar-refractivity contribution is 7.15. The molecule has 2 fully saturated rings. The zero-order valence-electron chi connectivity index (χ0n) is 16.0. The number of aromatic nitrogens is 1. The van der Waals surface area contributed by atoms with Crippen molar-refractivity contribution < 1.29 is 14.7 Å². The zero-order valence-corrected chi connectivity index (χ0v) is 16.8. The molecular weight excluding hydrogens is 364 g/mol. The summed E-state index contributed by atoms with van der Waals surface area (Å²) in [6.45, 7) is 4.05. The molecule has 0 spiro atoms. The van der Waals surface area contributed by atoms with Gasteiger partial charge >= 0.3 is 12.0 Å². The quantitative estimate of drug-likeness (QED) is 0.770. The largest absolute Gasteiger partial charge is 0.480 e. The van der Waals surface area contributed by atoms with Gasteiger partial charge in [-0.1, -0.05) is 26.2 Å². The van der Waals surface area contributed by atoms with Crippen molar-refractivity contribution in [1.29, 1.82) is 0 Å². The van der Waals surface area contributed by atoms with Crippen LogP contribution in [0.25, 0.3) is 0 Å². The van der Waals surface area contributed by atoms with E-state index in [2.05, 4.69) is 10.3 Å². The molecular formula is C19H30N4O3S. The van der Waals surface area contributed by atoms with E-state index >= 15 is 0 Å². The Bertz CT molecular complexity index is 637. The molecule has 1 aliphatic heterocycles. The summed E-state index contributed by atoms with van der Waals surface area (Å²) in [5.41, 5.74) is 0. The van der Waals surface area contributed by atoms with Gasteiger partial charge in [0.2, 0.25) is 0 Å². The summed E-state index contributed by atoms with van der Waals surface area (Å²) in [7, 11) is 0. The second-order valence-corrected chi connectivity index (χ2v) is 8.57. The van der Waals surface area contributed by atoms with E-state index in [0.29, 0.717) is 30.7 Å². The first kappa shape index (κ1) is 20.1. The van der Waals surface area contributed by atoms with Crippen LogP contribution < -0.4 is 5.32 Å². The normalized spacial score (nSPS) is 19.4. The van der Waals surface area contributed by atoms with Gasteiger partial charge in [0, 0.05) is 30.2 Å². The second-order valence-electron chi connectivity index (χ2n) is 7.51. The summed E-state index contributed by atoms with van der Waals surface area (Å²) in [4.78, 5) is 33.0. The van der Waals surface area contributed by atoms with Crippen molar-refractivity contribution in [2.24, 2.45) is 0 Å². The number of hydrogen-bond acceptors (Lipinski definition) is 5. The lowest BCUT2D eigenvalue weighted by molar-refractivity contribution is -0.139. The average molecular weight is 395 g/mol. The van der Waals surface area contributed by atoms with Crippen molar-refractivity contribution in [1.82, 2.24) is 14.8 Å². The lowest BCUT2D eigenvalue weighted by Crippen LogP contribution is -2.49. The molecule has 2 N–H and O–H groups in total. The predicted molar refractivity (Wildman–Crippen MR) is 106 cm³/mol. The number of carbonyl (C=O) groups is 2. The molecule has 27 heavy (non-hydrogen) atoms. The van der Waals surface area contributed by atoms with Gasteiger partial charge in [-0.15, -0.1) is 11.3 Å². The number of hydrogen-bond donors (Lipinski definition) is 2. The molecule has 1 aromatic rings. The van der Waals surface area contributed by atoms with Crippen LogP contribution in [0, 0.1) is 0 Å². The number of thiazole rings is 1. The number of amides is 2. The molecule has 0 bridgehead atoms. The van der Waals surface area contributed by atoms with Gasteiger partial charge in [0.05, 0.1) is 6.54 Å². The van der Waals surface area contributed by atoms with Crippen LogP contribution in [0.3, 0.4) is 0 Å². The molecule has 0 aromatic carbocycles. The first-order valence-electron chi connectivity index (χ1n) is 10.0. The molecule has 3 rings (SSSR count). The number of carboxylic acid groups (broad SMARTS) is 1. The maximum atomic E-state index is 12.6. The van der Waals surface area contributed by atoms with E-state index in [-0.39, 0.29) is 18.6 Å². The number of carbonyl (C=O) groups excluding carboxylic acids is 1. The first-order chi connectivity index (χ1) is 13.1. The predicted octanol–water partition coefficient (Wildman–Crippen LogP) is 3.59. The van der Waals surface area contributed by atoms with Crippen LogP contribution in [0.4, 0.5) is 9.93 Å². The molecule has 1 aromatic heterocycles. The molecule has 1 saturated carbocycles. The van der Waals surface area contributed by atoms with Gasteiger partial charge < -0.3 is 10.0 Å². The van der Waals surface area contributed by atoms with Gasteiger partial charge in [-0.25, -0.2) is 9.78 Å². The molecule has 8 heteroatoms. The molecule has 0 atom stereocenters. The topological polar surface area (TPSA) is 85.8 Å². The third kappa shape index (κ3) is 5.42. The lowest BCUT2D eigenvalue weighted by atomic mass is 9.89. The molecule has 2 heterocycles. The Labute approximate surface area is 164 Å². The second kappa shape index (κ2) is 9.50. The number of carboxylic acids is 1. The Kier molecular flexibility index (Phi) is 7.07.